The summed E-state index contributed by atoms with van der Waals surface area (Å²) in [4.78, 5) is 23.2. The van der Waals surface area contributed by atoms with E-state index in [4.69, 9.17) is 11.6 Å². The highest BCUT2D eigenvalue weighted by molar-refractivity contribution is 6.31. The summed E-state index contributed by atoms with van der Waals surface area (Å²) >= 11 is 6.04. The minimum Gasteiger partial charge on any atom is -0.465 e. The van der Waals surface area contributed by atoms with Crippen LogP contribution >= 0.6 is 11.6 Å². The van der Waals surface area contributed by atoms with E-state index in [1.165, 1.54) is 7.11 Å². The quantitative estimate of drug-likeness (QED) is 0.755. The molecule has 2 N–H and O–H groups in total. The average molecular weight is 347 g/mol. The molecule has 0 aliphatic heterocycles. The predicted octanol–water partition coefficient (Wildman–Crippen LogP) is 3.25. The van der Waals surface area contributed by atoms with E-state index in [1.807, 2.05) is 18.2 Å². The maximum Gasteiger partial charge on any atom is 0.337 e. The summed E-state index contributed by atoms with van der Waals surface area (Å²) in [5.41, 5.74) is 2.21. The summed E-state index contributed by atoms with van der Waals surface area (Å²) in [5, 5.41) is 6.60. The Balaban J connectivity index is 1.72. The fourth-order valence-corrected chi connectivity index (χ4v) is 2.29. The summed E-state index contributed by atoms with van der Waals surface area (Å²) in [6.07, 6.45) is 0.337. The Hall–Kier alpha value is -2.53. The van der Waals surface area contributed by atoms with Gasteiger partial charge in [0.05, 0.1) is 12.7 Å². The van der Waals surface area contributed by atoms with Crippen molar-refractivity contribution in [3.8, 4) is 0 Å². The van der Waals surface area contributed by atoms with Crippen LogP contribution in [-0.2, 0) is 16.1 Å². The Morgan fingerprint density at radius 1 is 1.08 bits per heavy atom. The first kappa shape index (κ1) is 17.8. The maximum atomic E-state index is 11.8. The van der Waals surface area contributed by atoms with Crippen molar-refractivity contribution in [1.29, 1.82) is 0 Å². The lowest BCUT2D eigenvalue weighted by Crippen LogP contribution is -2.25. The van der Waals surface area contributed by atoms with Crippen molar-refractivity contribution in [2.75, 3.05) is 19.0 Å². The molecular formula is C18H19ClN2O3. The number of rotatable bonds is 7. The first-order chi connectivity index (χ1) is 11.6. The van der Waals surface area contributed by atoms with E-state index in [0.29, 0.717) is 30.1 Å². The smallest absolute Gasteiger partial charge is 0.337 e. The number of methoxy groups -OCH3 is 1. The fourth-order valence-electron chi connectivity index (χ4n) is 2.09. The lowest BCUT2D eigenvalue weighted by Gasteiger charge is -2.09. The highest BCUT2D eigenvalue weighted by atomic mass is 35.5. The minimum atomic E-state index is -0.375. The molecule has 6 heteroatoms. The van der Waals surface area contributed by atoms with Gasteiger partial charge in [-0.25, -0.2) is 4.79 Å². The van der Waals surface area contributed by atoms with Gasteiger partial charge < -0.3 is 15.4 Å². The summed E-state index contributed by atoms with van der Waals surface area (Å²) in [6, 6.07) is 14.3. The normalized spacial score (nSPS) is 10.1. The number of hydrogen-bond acceptors (Lipinski definition) is 4. The van der Waals surface area contributed by atoms with Crippen molar-refractivity contribution < 1.29 is 14.3 Å². The molecule has 2 aromatic carbocycles. The average Bonchev–Trinajstić information content (AvgIpc) is 2.61. The van der Waals surface area contributed by atoms with Crippen LogP contribution in [0, 0.1) is 0 Å². The molecular weight excluding hydrogens is 328 g/mol. The molecule has 5 nitrogen and oxygen atoms in total. The second kappa shape index (κ2) is 8.93. The summed E-state index contributed by atoms with van der Waals surface area (Å²) < 4.78 is 4.64. The van der Waals surface area contributed by atoms with Gasteiger partial charge in [0.15, 0.2) is 0 Å². The number of esters is 1. The van der Waals surface area contributed by atoms with Crippen LogP contribution in [-0.4, -0.2) is 25.5 Å². The van der Waals surface area contributed by atoms with E-state index in [0.717, 1.165) is 11.3 Å². The number of halogens is 1. The van der Waals surface area contributed by atoms with Crippen LogP contribution < -0.4 is 10.6 Å². The van der Waals surface area contributed by atoms with Gasteiger partial charge in [0, 0.05) is 30.2 Å². The fraction of sp³-hybridized carbons (Fsp3) is 0.222. The summed E-state index contributed by atoms with van der Waals surface area (Å²) in [5.74, 6) is -0.436. The van der Waals surface area contributed by atoms with Gasteiger partial charge in [0.1, 0.15) is 0 Å². The predicted molar refractivity (Wildman–Crippen MR) is 94.2 cm³/mol. The molecule has 0 bridgehead atoms. The number of carbonyl (C=O) groups excluding carboxylic acids is 2. The van der Waals surface area contributed by atoms with Gasteiger partial charge in [0.2, 0.25) is 5.91 Å². The molecule has 0 unspecified atom stereocenters. The molecule has 0 aromatic heterocycles. The Bertz CT molecular complexity index is 702. The van der Waals surface area contributed by atoms with Crippen molar-refractivity contribution in [1.82, 2.24) is 5.32 Å². The number of carbonyl (C=O) groups is 2. The van der Waals surface area contributed by atoms with Gasteiger partial charge in [-0.1, -0.05) is 29.8 Å². The van der Waals surface area contributed by atoms with Crippen LogP contribution in [0.4, 0.5) is 5.69 Å². The van der Waals surface area contributed by atoms with E-state index < -0.39 is 0 Å². The van der Waals surface area contributed by atoms with Gasteiger partial charge in [-0.3, -0.25) is 4.79 Å². The van der Waals surface area contributed by atoms with E-state index in [9.17, 15) is 9.59 Å². The highest BCUT2D eigenvalue weighted by Crippen LogP contribution is 2.14. The third kappa shape index (κ3) is 5.28. The molecule has 2 aromatic rings. The monoisotopic (exact) mass is 346 g/mol. The zero-order valence-corrected chi connectivity index (χ0v) is 14.1. The first-order valence-corrected chi connectivity index (χ1v) is 7.90. The third-order valence-corrected chi connectivity index (χ3v) is 3.79. The van der Waals surface area contributed by atoms with E-state index in [2.05, 4.69) is 15.4 Å². The van der Waals surface area contributed by atoms with Crippen LogP contribution in [0.3, 0.4) is 0 Å². The van der Waals surface area contributed by atoms with Crippen molar-refractivity contribution in [3.63, 3.8) is 0 Å². The molecule has 0 heterocycles. The van der Waals surface area contributed by atoms with E-state index in [1.54, 1.807) is 30.3 Å². The Labute approximate surface area is 146 Å². The van der Waals surface area contributed by atoms with Gasteiger partial charge >= 0.3 is 5.97 Å². The number of nitrogens with one attached hydrogen (secondary N) is 2. The topological polar surface area (TPSA) is 67.4 Å². The number of anilines is 1. The third-order valence-electron chi connectivity index (χ3n) is 3.42. The maximum absolute atomic E-state index is 11.8. The molecule has 0 atom stereocenters. The van der Waals surface area contributed by atoms with Gasteiger partial charge in [-0.05, 0) is 35.9 Å². The largest absolute Gasteiger partial charge is 0.465 e. The Morgan fingerprint density at radius 3 is 2.46 bits per heavy atom. The summed E-state index contributed by atoms with van der Waals surface area (Å²) in [7, 11) is 1.34. The zero-order valence-electron chi connectivity index (χ0n) is 13.3. The SMILES string of the molecule is COC(=O)c1ccc(NCCC(=O)NCc2ccccc2Cl)cc1. The van der Waals surface area contributed by atoms with E-state index >= 15 is 0 Å². The minimum absolute atomic E-state index is 0.0615. The summed E-state index contributed by atoms with van der Waals surface area (Å²) in [6.45, 7) is 0.901. The van der Waals surface area contributed by atoms with Crippen LogP contribution in [0.5, 0.6) is 0 Å². The molecule has 0 saturated carbocycles. The highest BCUT2D eigenvalue weighted by Gasteiger charge is 2.05. The molecule has 24 heavy (non-hydrogen) atoms. The van der Waals surface area contributed by atoms with Gasteiger partial charge in [-0.2, -0.15) is 0 Å². The molecule has 1 amide bonds. The lowest BCUT2D eigenvalue weighted by molar-refractivity contribution is -0.121. The van der Waals surface area contributed by atoms with Gasteiger partial charge in [0.25, 0.3) is 0 Å². The molecule has 126 valence electrons. The molecule has 0 radical (unpaired) electrons. The molecule has 0 aliphatic carbocycles. The van der Waals surface area contributed by atoms with Crippen molar-refractivity contribution in [2.24, 2.45) is 0 Å². The number of amides is 1. The molecule has 0 spiro atoms. The Kier molecular flexibility index (Phi) is 6.63. The molecule has 0 aliphatic rings. The molecule has 0 saturated heterocycles. The van der Waals surface area contributed by atoms with Crippen molar-refractivity contribution in [2.45, 2.75) is 13.0 Å². The van der Waals surface area contributed by atoms with Crippen molar-refractivity contribution in [3.05, 3.63) is 64.7 Å². The standard InChI is InChI=1S/C18H19ClN2O3/c1-24-18(23)13-6-8-15(9-7-13)20-11-10-17(22)21-12-14-4-2-3-5-16(14)19/h2-9,20H,10-12H2,1H3,(H,21,22). The second-order valence-electron chi connectivity index (χ2n) is 5.11. The van der Waals surface area contributed by atoms with Crippen LogP contribution in [0.2, 0.25) is 5.02 Å². The number of ether oxygens (including phenoxy) is 1. The van der Waals surface area contributed by atoms with Crippen LogP contribution in [0.1, 0.15) is 22.3 Å². The van der Waals surface area contributed by atoms with E-state index in [-0.39, 0.29) is 11.9 Å². The molecule has 0 fully saturated rings. The second-order valence-corrected chi connectivity index (χ2v) is 5.52. The van der Waals surface area contributed by atoms with Crippen LogP contribution in [0.15, 0.2) is 48.5 Å². The van der Waals surface area contributed by atoms with Gasteiger partial charge in [-0.15, -0.1) is 0 Å². The Morgan fingerprint density at radius 2 is 1.79 bits per heavy atom. The van der Waals surface area contributed by atoms with Crippen molar-refractivity contribution >= 4 is 29.2 Å². The molecule has 2 rings (SSSR count). The first-order valence-electron chi connectivity index (χ1n) is 7.52. The van der Waals surface area contributed by atoms with Crippen LogP contribution in [0.25, 0.3) is 0 Å². The number of benzene rings is 2. The zero-order chi connectivity index (χ0) is 17.4. The number of hydrogen-bond donors (Lipinski definition) is 2. The lowest BCUT2D eigenvalue weighted by atomic mass is 10.2.